The molecule has 2 amide bonds. The summed E-state index contributed by atoms with van der Waals surface area (Å²) < 4.78 is 0. The molecule has 1 aromatic rings. The lowest BCUT2D eigenvalue weighted by Crippen LogP contribution is -2.33. The first kappa shape index (κ1) is 9.95. The normalized spacial score (nSPS) is 26.0. The van der Waals surface area contributed by atoms with Gasteiger partial charge in [0.2, 0.25) is 11.8 Å². The number of pyridine rings is 1. The number of aromatic carboxylic acids is 1. The molecule has 0 radical (unpaired) electrons. The molecule has 1 saturated carbocycles. The van der Waals surface area contributed by atoms with Crippen LogP contribution in [0.3, 0.4) is 0 Å². The standard InChI is InChI=1S/C11H8N2O4/c14-9-7-2-8(7)10(15)13(9)6-1-5(11(16)17)3-12-4-6/h1,3-4,7-8H,2H2,(H,16,17). The molecule has 1 aromatic heterocycles. The van der Waals surface area contributed by atoms with Crippen LogP contribution in [0.25, 0.3) is 0 Å². The third-order valence-electron chi connectivity index (χ3n) is 3.09. The number of rotatable bonds is 2. The topological polar surface area (TPSA) is 87.6 Å². The molecule has 2 fully saturated rings. The number of carbonyl (C=O) groups excluding carboxylic acids is 2. The fourth-order valence-corrected chi connectivity index (χ4v) is 2.10. The second kappa shape index (κ2) is 3.13. The molecule has 1 N–H and O–H groups in total. The molecule has 2 heterocycles. The highest BCUT2D eigenvalue weighted by atomic mass is 16.4. The van der Waals surface area contributed by atoms with Crippen molar-refractivity contribution in [3.63, 3.8) is 0 Å². The van der Waals surface area contributed by atoms with Gasteiger partial charge in [-0.1, -0.05) is 0 Å². The van der Waals surface area contributed by atoms with Gasteiger partial charge in [-0.05, 0) is 12.5 Å². The maximum Gasteiger partial charge on any atom is 0.337 e. The van der Waals surface area contributed by atoms with E-state index in [1.165, 1.54) is 18.5 Å². The Balaban J connectivity index is 1.99. The zero-order chi connectivity index (χ0) is 12.2. The summed E-state index contributed by atoms with van der Waals surface area (Å²) in [6.45, 7) is 0. The summed E-state index contributed by atoms with van der Waals surface area (Å²) in [4.78, 5) is 39.1. The summed E-state index contributed by atoms with van der Waals surface area (Å²) in [5.41, 5.74) is 0.204. The Hall–Kier alpha value is -2.24. The number of hydrogen-bond donors (Lipinski definition) is 1. The minimum Gasteiger partial charge on any atom is -0.478 e. The lowest BCUT2D eigenvalue weighted by Gasteiger charge is -2.15. The van der Waals surface area contributed by atoms with Crippen LogP contribution in [0, 0.1) is 11.8 Å². The Bertz CT molecular complexity index is 534. The molecule has 6 heteroatoms. The van der Waals surface area contributed by atoms with Crippen LogP contribution < -0.4 is 4.90 Å². The molecule has 6 nitrogen and oxygen atoms in total. The number of aromatic nitrogens is 1. The molecule has 2 aliphatic rings. The van der Waals surface area contributed by atoms with Crippen molar-refractivity contribution in [2.75, 3.05) is 4.90 Å². The summed E-state index contributed by atoms with van der Waals surface area (Å²) in [6.07, 6.45) is 3.13. The van der Waals surface area contributed by atoms with Crippen molar-refractivity contribution in [1.82, 2.24) is 4.98 Å². The van der Waals surface area contributed by atoms with Crippen LogP contribution in [0.2, 0.25) is 0 Å². The van der Waals surface area contributed by atoms with Crippen molar-refractivity contribution in [1.29, 1.82) is 0 Å². The van der Waals surface area contributed by atoms with Crippen LogP contribution in [0.5, 0.6) is 0 Å². The second-order valence-corrected chi connectivity index (χ2v) is 4.20. The molecular formula is C11H8N2O4. The maximum absolute atomic E-state index is 11.8. The highest BCUT2D eigenvalue weighted by molar-refractivity contribution is 6.24. The Labute approximate surface area is 95.9 Å². The van der Waals surface area contributed by atoms with Gasteiger partial charge in [0.05, 0.1) is 29.3 Å². The Morgan fingerprint density at radius 2 is 1.94 bits per heavy atom. The van der Waals surface area contributed by atoms with Crippen LogP contribution in [-0.4, -0.2) is 27.9 Å². The fourth-order valence-electron chi connectivity index (χ4n) is 2.10. The summed E-state index contributed by atoms with van der Waals surface area (Å²) in [7, 11) is 0. The van der Waals surface area contributed by atoms with Gasteiger partial charge in [-0.25, -0.2) is 9.69 Å². The molecule has 17 heavy (non-hydrogen) atoms. The van der Waals surface area contributed by atoms with Gasteiger partial charge in [0.1, 0.15) is 0 Å². The van der Waals surface area contributed by atoms with E-state index in [-0.39, 0.29) is 34.9 Å². The van der Waals surface area contributed by atoms with Gasteiger partial charge in [0.25, 0.3) is 0 Å². The monoisotopic (exact) mass is 232 g/mol. The van der Waals surface area contributed by atoms with Crippen molar-refractivity contribution in [2.45, 2.75) is 6.42 Å². The second-order valence-electron chi connectivity index (χ2n) is 4.20. The third-order valence-corrected chi connectivity index (χ3v) is 3.09. The van der Waals surface area contributed by atoms with Gasteiger partial charge in [-0.15, -0.1) is 0 Å². The van der Waals surface area contributed by atoms with Gasteiger partial charge >= 0.3 is 5.97 Å². The molecular weight excluding hydrogens is 224 g/mol. The average Bonchev–Trinajstić information content (AvgIpc) is 3.04. The average molecular weight is 232 g/mol. The summed E-state index contributed by atoms with van der Waals surface area (Å²) in [5.74, 6) is -2.02. The Kier molecular flexibility index (Phi) is 1.83. The highest BCUT2D eigenvalue weighted by Gasteiger charge is 2.59. The van der Waals surface area contributed by atoms with Crippen LogP contribution in [-0.2, 0) is 9.59 Å². The molecule has 0 spiro atoms. The highest BCUT2D eigenvalue weighted by Crippen LogP contribution is 2.48. The largest absolute Gasteiger partial charge is 0.478 e. The predicted octanol–water partition coefficient (Wildman–Crippen LogP) is 0.289. The molecule has 2 atom stereocenters. The summed E-state index contributed by atoms with van der Waals surface area (Å²) in [5, 5.41) is 8.82. The molecule has 3 rings (SSSR count). The summed E-state index contributed by atoms with van der Waals surface area (Å²) >= 11 is 0. The number of nitrogens with zero attached hydrogens (tertiary/aromatic N) is 2. The van der Waals surface area contributed by atoms with Crippen LogP contribution >= 0.6 is 0 Å². The number of imide groups is 1. The van der Waals surface area contributed by atoms with E-state index in [4.69, 9.17) is 5.11 Å². The number of fused-ring (bicyclic) bond motifs is 1. The first-order valence-electron chi connectivity index (χ1n) is 5.16. The molecule has 0 aromatic carbocycles. The minimum atomic E-state index is -1.14. The molecule has 1 saturated heterocycles. The first-order chi connectivity index (χ1) is 8.09. The first-order valence-corrected chi connectivity index (χ1v) is 5.16. The van der Waals surface area contributed by atoms with E-state index in [1.54, 1.807) is 0 Å². The lowest BCUT2D eigenvalue weighted by atomic mass is 10.2. The number of anilines is 1. The predicted molar refractivity (Wildman–Crippen MR) is 55.3 cm³/mol. The zero-order valence-corrected chi connectivity index (χ0v) is 8.66. The zero-order valence-electron chi connectivity index (χ0n) is 8.66. The van der Waals surface area contributed by atoms with E-state index in [9.17, 15) is 14.4 Å². The van der Waals surface area contributed by atoms with Crippen molar-refractivity contribution in [3.05, 3.63) is 24.0 Å². The van der Waals surface area contributed by atoms with Crippen molar-refractivity contribution >= 4 is 23.5 Å². The van der Waals surface area contributed by atoms with Crippen LogP contribution in [0.1, 0.15) is 16.8 Å². The Morgan fingerprint density at radius 1 is 1.29 bits per heavy atom. The van der Waals surface area contributed by atoms with Gasteiger partial charge < -0.3 is 5.11 Å². The Morgan fingerprint density at radius 3 is 2.53 bits per heavy atom. The van der Waals surface area contributed by atoms with Gasteiger partial charge in [-0.3, -0.25) is 14.6 Å². The smallest absolute Gasteiger partial charge is 0.337 e. The number of amides is 2. The molecule has 86 valence electrons. The molecule has 1 aliphatic carbocycles. The number of piperidine rings is 1. The van der Waals surface area contributed by atoms with Gasteiger partial charge in [0, 0.05) is 6.20 Å². The van der Waals surface area contributed by atoms with Crippen molar-refractivity contribution < 1.29 is 19.5 Å². The van der Waals surface area contributed by atoms with Crippen molar-refractivity contribution in [2.24, 2.45) is 11.8 Å². The summed E-state index contributed by atoms with van der Waals surface area (Å²) in [6, 6.07) is 1.29. The molecule has 0 bridgehead atoms. The quantitative estimate of drug-likeness (QED) is 0.740. The fraction of sp³-hybridized carbons (Fsp3) is 0.273. The van der Waals surface area contributed by atoms with Gasteiger partial charge in [0.15, 0.2) is 0 Å². The van der Waals surface area contributed by atoms with E-state index >= 15 is 0 Å². The minimum absolute atomic E-state index is 0.0383. The van der Waals surface area contributed by atoms with E-state index in [0.29, 0.717) is 6.42 Å². The van der Waals surface area contributed by atoms with E-state index in [1.807, 2.05) is 0 Å². The number of hydrogen-bond acceptors (Lipinski definition) is 4. The van der Waals surface area contributed by atoms with E-state index < -0.39 is 5.97 Å². The van der Waals surface area contributed by atoms with E-state index in [0.717, 1.165) is 4.90 Å². The van der Waals surface area contributed by atoms with Crippen LogP contribution in [0.15, 0.2) is 18.5 Å². The SMILES string of the molecule is O=C(O)c1cncc(N2C(=O)C3CC3C2=O)c1. The number of carbonyl (C=O) groups is 3. The number of carboxylic acids is 1. The molecule has 2 unspecified atom stereocenters. The molecule has 1 aliphatic heterocycles. The van der Waals surface area contributed by atoms with Crippen LogP contribution in [0.4, 0.5) is 5.69 Å². The maximum atomic E-state index is 11.8. The van der Waals surface area contributed by atoms with Crippen molar-refractivity contribution in [3.8, 4) is 0 Å². The van der Waals surface area contributed by atoms with E-state index in [2.05, 4.69) is 4.98 Å². The third kappa shape index (κ3) is 1.33. The number of carboxylic acid groups (broad SMARTS) is 1. The lowest BCUT2D eigenvalue weighted by molar-refractivity contribution is -0.123. The van der Waals surface area contributed by atoms with Gasteiger partial charge in [-0.2, -0.15) is 0 Å².